The number of nitrogens with one attached hydrogen (secondary N) is 2. The third-order valence-electron chi connectivity index (χ3n) is 6.59. The van der Waals surface area contributed by atoms with Crippen LogP contribution in [0.3, 0.4) is 0 Å². The molecular weight excluding hydrogens is 583 g/mol. The highest BCUT2D eigenvalue weighted by atomic mass is 32.2. The molecule has 216 valence electrons. The van der Waals surface area contributed by atoms with Gasteiger partial charge >= 0.3 is 6.03 Å². The molecule has 3 amide bonds. The first-order valence-corrected chi connectivity index (χ1v) is 14.9. The molecule has 1 aliphatic heterocycles. The van der Waals surface area contributed by atoms with Crippen molar-refractivity contribution in [3.63, 3.8) is 0 Å². The zero-order chi connectivity index (χ0) is 28.8. The average Bonchev–Trinajstić information content (AvgIpc) is 3.61. The van der Waals surface area contributed by atoms with E-state index < -0.39 is 38.5 Å². The molecule has 1 fully saturated rings. The Morgan fingerprint density at radius 1 is 1.05 bits per heavy atom. The van der Waals surface area contributed by atoms with Gasteiger partial charge in [0, 0.05) is 12.3 Å². The highest BCUT2D eigenvalue weighted by molar-refractivity contribution is 7.91. The molecule has 42 heavy (non-hydrogen) atoms. The van der Waals surface area contributed by atoms with Crippen molar-refractivity contribution >= 4 is 43.3 Å². The molecule has 1 saturated heterocycles. The Morgan fingerprint density at radius 2 is 1.81 bits per heavy atom. The van der Waals surface area contributed by atoms with Crippen molar-refractivity contribution in [1.29, 1.82) is 0 Å². The summed E-state index contributed by atoms with van der Waals surface area (Å²) in [6.07, 6.45) is 1.22. The number of hydrogen-bond acceptors (Lipinski definition) is 10. The molecule has 2 atom stereocenters. The van der Waals surface area contributed by atoms with Crippen LogP contribution in [0.2, 0.25) is 0 Å². The Kier molecular flexibility index (Phi) is 7.60. The quantitative estimate of drug-likeness (QED) is 0.193. The van der Waals surface area contributed by atoms with E-state index in [0.717, 1.165) is 11.3 Å². The molecule has 14 heteroatoms. The van der Waals surface area contributed by atoms with Crippen LogP contribution >= 0.6 is 11.3 Å². The van der Waals surface area contributed by atoms with E-state index in [2.05, 4.69) is 30.8 Å². The molecule has 4 heterocycles. The number of aromatic nitrogens is 4. The van der Waals surface area contributed by atoms with E-state index in [0.29, 0.717) is 26.9 Å². The first-order valence-electron chi connectivity index (χ1n) is 12.3. The number of nitrogens with zero attached hydrogens (tertiary/aromatic N) is 4. The molecule has 0 radical (unpaired) electrons. The largest absolute Gasteiger partial charge is 0.423 e. The lowest BCUT2D eigenvalue weighted by atomic mass is 9.98. The fraction of sp³-hybridized carbons (Fsp3) is 0.214. The minimum Gasteiger partial charge on any atom is -0.423 e. The Bertz CT molecular complexity index is 1910. The maximum atomic E-state index is 13.9. The summed E-state index contributed by atoms with van der Waals surface area (Å²) in [6.45, 7) is 1.50. The summed E-state index contributed by atoms with van der Waals surface area (Å²) in [5.41, 5.74) is 1.10. The molecule has 11 nitrogen and oxygen atoms in total. The summed E-state index contributed by atoms with van der Waals surface area (Å²) < 4.78 is 48.0. The number of rotatable bonds is 8. The molecule has 3 aromatic heterocycles. The molecule has 2 aromatic carbocycles. The molecule has 0 bridgehead atoms. The summed E-state index contributed by atoms with van der Waals surface area (Å²) in [4.78, 5) is 32.1. The van der Waals surface area contributed by atoms with Crippen molar-refractivity contribution in [3.05, 3.63) is 95.2 Å². The molecule has 2 unspecified atom stereocenters. The van der Waals surface area contributed by atoms with Gasteiger partial charge < -0.3 is 9.73 Å². The molecule has 0 saturated carbocycles. The molecule has 6 rings (SSSR count). The van der Waals surface area contributed by atoms with Gasteiger partial charge in [0.15, 0.2) is 15.1 Å². The zero-order valence-corrected chi connectivity index (χ0v) is 23.0. The van der Waals surface area contributed by atoms with E-state index in [1.165, 1.54) is 19.2 Å². The number of imide groups is 1. The second-order valence-electron chi connectivity index (χ2n) is 9.73. The SMILES string of the molecule is C.CC1(Cc2nnc(C(c3nc4ccc(-c5ccnc(F)c5)cc4s3)S(=O)(=O)Cc3ccccc3)o2)NC(=O)NC1=O. The van der Waals surface area contributed by atoms with Gasteiger partial charge in [-0.25, -0.2) is 23.2 Å². The topological polar surface area (TPSA) is 157 Å². The van der Waals surface area contributed by atoms with E-state index >= 15 is 0 Å². The van der Waals surface area contributed by atoms with Gasteiger partial charge in [0.05, 0.1) is 22.4 Å². The van der Waals surface area contributed by atoms with Crippen molar-refractivity contribution in [3.8, 4) is 11.1 Å². The third kappa shape index (κ3) is 5.63. The Balaban J connectivity index is 0.00000353. The van der Waals surface area contributed by atoms with E-state index in [-0.39, 0.29) is 36.4 Å². The van der Waals surface area contributed by atoms with E-state index in [4.69, 9.17) is 4.42 Å². The fourth-order valence-electron chi connectivity index (χ4n) is 4.57. The average molecular weight is 609 g/mol. The van der Waals surface area contributed by atoms with Crippen LogP contribution in [0.5, 0.6) is 0 Å². The first kappa shape index (κ1) is 29.0. The van der Waals surface area contributed by atoms with Crippen LogP contribution in [-0.4, -0.2) is 46.1 Å². The van der Waals surface area contributed by atoms with E-state index in [1.54, 1.807) is 54.6 Å². The highest BCUT2D eigenvalue weighted by Gasteiger charge is 2.44. The van der Waals surface area contributed by atoms with Crippen molar-refractivity contribution in [1.82, 2.24) is 30.8 Å². The van der Waals surface area contributed by atoms with Gasteiger partial charge in [-0.3, -0.25) is 10.1 Å². The van der Waals surface area contributed by atoms with Crippen molar-refractivity contribution in [2.45, 2.75) is 37.3 Å². The number of thiazole rings is 1. The van der Waals surface area contributed by atoms with Crippen LogP contribution in [0.1, 0.15) is 42.0 Å². The second-order valence-corrected chi connectivity index (χ2v) is 12.9. The number of halogens is 1. The number of amides is 3. The Morgan fingerprint density at radius 3 is 2.52 bits per heavy atom. The lowest BCUT2D eigenvalue weighted by Gasteiger charge is -2.17. The molecule has 1 aliphatic rings. The van der Waals surface area contributed by atoms with Gasteiger partial charge in [0.25, 0.3) is 5.91 Å². The standard InChI is InChI=1S/C27H21FN6O5S2.CH4/c1-27(25(35)31-26(36)32-27)13-21-33-34-23(39-21)22(41(37,38)14-15-5-3-2-4-6-15)24-30-18-8-7-16(11-19(18)40-24)17-9-10-29-20(28)12-17;/h2-12,22H,13-14H2,1H3,(H2,31,32,35,36);1H4. The lowest BCUT2D eigenvalue weighted by molar-refractivity contribution is -0.123. The van der Waals surface area contributed by atoms with Gasteiger partial charge in [0.2, 0.25) is 17.7 Å². The number of benzene rings is 2. The summed E-state index contributed by atoms with van der Waals surface area (Å²) in [5.74, 6) is -1.73. The monoisotopic (exact) mass is 608 g/mol. The maximum Gasteiger partial charge on any atom is 0.322 e. The molecular formula is C28H25FN6O5S2. The third-order valence-corrected chi connectivity index (χ3v) is 9.70. The summed E-state index contributed by atoms with van der Waals surface area (Å²) in [6, 6.07) is 16.3. The van der Waals surface area contributed by atoms with Gasteiger partial charge in [0.1, 0.15) is 10.5 Å². The van der Waals surface area contributed by atoms with Crippen LogP contribution in [0.4, 0.5) is 9.18 Å². The Labute approximate surface area is 244 Å². The number of hydrogen-bond donors (Lipinski definition) is 2. The highest BCUT2D eigenvalue weighted by Crippen LogP contribution is 2.38. The molecule has 2 N–H and O–H groups in total. The first-order chi connectivity index (χ1) is 19.6. The lowest BCUT2D eigenvalue weighted by Crippen LogP contribution is -2.45. The predicted octanol–water partition coefficient (Wildman–Crippen LogP) is 4.36. The summed E-state index contributed by atoms with van der Waals surface area (Å²) in [7, 11) is -4.00. The number of sulfone groups is 1. The van der Waals surface area contributed by atoms with Gasteiger partial charge in [-0.05, 0) is 41.8 Å². The number of fused-ring (bicyclic) bond motifs is 1. The number of carbonyl (C=O) groups excluding carboxylic acids is 2. The van der Waals surface area contributed by atoms with Gasteiger partial charge in [-0.1, -0.05) is 43.8 Å². The van der Waals surface area contributed by atoms with Crippen LogP contribution in [0.15, 0.2) is 71.3 Å². The summed E-state index contributed by atoms with van der Waals surface area (Å²) in [5, 5.41) is 11.5. The van der Waals surface area contributed by atoms with Crippen LogP contribution in [0, 0.1) is 5.95 Å². The number of carbonyl (C=O) groups is 2. The molecule has 0 spiro atoms. The zero-order valence-electron chi connectivity index (χ0n) is 21.4. The minimum absolute atomic E-state index is 0. The van der Waals surface area contributed by atoms with Gasteiger partial charge in [-0.2, -0.15) is 4.39 Å². The molecule has 0 aliphatic carbocycles. The Hall–Kier alpha value is -4.56. The van der Waals surface area contributed by atoms with Crippen molar-refractivity contribution in [2.75, 3.05) is 0 Å². The number of urea groups is 1. The smallest absolute Gasteiger partial charge is 0.322 e. The molecule has 5 aromatic rings. The second kappa shape index (κ2) is 11.0. The minimum atomic E-state index is -4.00. The van der Waals surface area contributed by atoms with Crippen LogP contribution in [0.25, 0.3) is 21.3 Å². The van der Waals surface area contributed by atoms with Gasteiger partial charge in [-0.15, -0.1) is 21.5 Å². The van der Waals surface area contributed by atoms with Crippen molar-refractivity contribution < 1.29 is 26.8 Å². The number of pyridine rings is 1. The van der Waals surface area contributed by atoms with E-state index in [9.17, 15) is 22.4 Å². The van der Waals surface area contributed by atoms with Crippen LogP contribution < -0.4 is 10.6 Å². The fourth-order valence-corrected chi connectivity index (χ4v) is 7.72. The summed E-state index contributed by atoms with van der Waals surface area (Å²) >= 11 is 1.14. The predicted molar refractivity (Wildman–Crippen MR) is 154 cm³/mol. The normalized spacial score (nSPS) is 17.5. The maximum absolute atomic E-state index is 13.9. The van der Waals surface area contributed by atoms with E-state index in [1.807, 2.05) is 0 Å². The van der Waals surface area contributed by atoms with Crippen LogP contribution in [-0.2, 0) is 26.8 Å². The van der Waals surface area contributed by atoms with Crippen molar-refractivity contribution in [2.24, 2.45) is 0 Å².